The lowest BCUT2D eigenvalue weighted by Gasteiger charge is -2.28. The summed E-state index contributed by atoms with van der Waals surface area (Å²) in [5.74, 6) is -0.105. The molecule has 1 fully saturated rings. The number of hydrogen-bond donors (Lipinski definition) is 1. The van der Waals surface area contributed by atoms with Crippen molar-refractivity contribution in [2.24, 2.45) is 0 Å². The van der Waals surface area contributed by atoms with Gasteiger partial charge in [-0.3, -0.25) is 9.59 Å². The maximum Gasteiger partial charge on any atom is 0.295 e. The Morgan fingerprint density at radius 2 is 1.77 bits per heavy atom. The largest absolute Gasteiger partial charge is 0.507 e. The van der Waals surface area contributed by atoms with Crippen LogP contribution in [0.2, 0.25) is 0 Å². The number of fused-ring (bicyclic) bond motifs is 1. The number of rotatable bonds is 7. The van der Waals surface area contributed by atoms with Crippen LogP contribution in [0.1, 0.15) is 29.7 Å². The highest BCUT2D eigenvalue weighted by atomic mass is 16.5. The minimum Gasteiger partial charge on any atom is -0.507 e. The zero-order valence-electron chi connectivity index (χ0n) is 22.7. The maximum absolute atomic E-state index is 13.5. The van der Waals surface area contributed by atoms with Crippen LogP contribution in [0, 0.1) is 0 Å². The highest BCUT2D eigenvalue weighted by Gasteiger charge is 2.46. The van der Waals surface area contributed by atoms with E-state index in [4.69, 9.17) is 9.47 Å². The van der Waals surface area contributed by atoms with Gasteiger partial charge in [0, 0.05) is 38.9 Å². The smallest absolute Gasteiger partial charge is 0.295 e. The molecule has 3 aromatic carbocycles. The number of hydrogen-bond acceptors (Lipinski definition) is 7. The summed E-state index contributed by atoms with van der Waals surface area (Å²) < 4.78 is 11.3. The lowest BCUT2D eigenvalue weighted by atomic mass is 9.94. The molecule has 1 atom stereocenters. The van der Waals surface area contributed by atoms with Gasteiger partial charge in [-0.25, -0.2) is 0 Å². The summed E-state index contributed by atoms with van der Waals surface area (Å²) in [4.78, 5) is 32.5. The Bertz CT molecular complexity index is 1410. The molecule has 8 heteroatoms. The second-order valence-corrected chi connectivity index (χ2v) is 9.94. The third-order valence-electron chi connectivity index (χ3n) is 7.18. The molecule has 39 heavy (non-hydrogen) atoms. The fraction of sp³-hybridized carbons (Fsp3) is 0.290. The molecule has 1 saturated heterocycles. The minimum absolute atomic E-state index is 0.0721. The van der Waals surface area contributed by atoms with Crippen LogP contribution in [0.25, 0.3) is 5.76 Å². The van der Waals surface area contributed by atoms with Gasteiger partial charge in [-0.1, -0.05) is 24.3 Å². The summed E-state index contributed by atoms with van der Waals surface area (Å²) in [6, 6.07) is 19.7. The van der Waals surface area contributed by atoms with Crippen molar-refractivity contribution in [3.05, 3.63) is 89.0 Å². The number of anilines is 2. The Hall–Kier alpha value is -4.46. The van der Waals surface area contributed by atoms with Crippen LogP contribution in [0.4, 0.5) is 11.4 Å². The standard InChI is InChI=1S/C31H33N3O5/c1-5-38-24-13-6-20(7-14-24)19-34-28(21-8-11-23(12-9-21)32(2)3)27(30(36)31(34)37)29(35)22-10-15-26-25(18-22)33(4)16-17-39-26/h6-15,18,28,35H,5,16-17,19H2,1-4H3/b29-27-. The van der Waals surface area contributed by atoms with E-state index in [9.17, 15) is 14.7 Å². The number of carbonyl (C=O) groups excluding carboxylic acids is 2. The second kappa shape index (κ2) is 10.7. The number of Topliss-reactive ketones (excluding diaryl/α,β-unsaturated/α-hetero) is 1. The van der Waals surface area contributed by atoms with Crippen LogP contribution in [0.3, 0.4) is 0 Å². The number of nitrogens with zero attached hydrogens (tertiary/aromatic N) is 3. The van der Waals surface area contributed by atoms with E-state index >= 15 is 0 Å². The quantitative estimate of drug-likeness (QED) is 0.273. The van der Waals surface area contributed by atoms with Crippen molar-refractivity contribution in [1.82, 2.24) is 4.90 Å². The van der Waals surface area contributed by atoms with E-state index < -0.39 is 17.7 Å². The highest BCUT2D eigenvalue weighted by Crippen LogP contribution is 2.42. The number of carbonyl (C=O) groups is 2. The van der Waals surface area contributed by atoms with Crippen molar-refractivity contribution in [3.63, 3.8) is 0 Å². The van der Waals surface area contributed by atoms with Crippen LogP contribution in [0.15, 0.2) is 72.3 Å². The Morgan fingerprint density at radius 3 is 2.44 bits per heavy atom. The van der Waals surface area contributed by atoms with E-state index in [-0.39, 0.29) is 17.9 Å². The highest BCUT2D eigenvalue weighted by molar-refractivity contribution is 6.46. The molecule has 1 amide bonds. The van der Waals surface area contributed by atoms with Crippen molar-refractivity contribution >= 4 is 28.8 Å². The van der Waals surface area contributed by atoms with E-state index in [1.165, 1.54) is 4.90 Å². The van der Waals surface area contributed by atoms with Crippen molar-refractivity contribution in [3.8, 4) is 11.5 Å². The topological polar surface area (TPSA) is 82.5 Å². The molecule has 1 unspecified atom stereocenters. The normalized spacial score (nSPS) is 18.1. The van der Waals surface area contributed by atoms with E-state index in [0.717, 1.165) is 28.3 Å². The fourth-order valence-corrected chi connectivity index (χ4v) is 5.05. The van der Waals surface area contributed by atoms with Gasteiger partial charge in [0.2, 0.25) is 0 Å². The molecular weight excluding hydrogens is 494 g/mol. The lowest BCUT2D eigenvalue weighted by Crippen LogP contribution is -2.29. The van der Waals surface area contributed by atoms with Crippen LogP contribution < -0.4 is 19.3 Å². The molecule has 2 aliphatic rings. The van der Waals surface area contributed by atoms with Gasteiger partial charge in [-0.05, 0) is 60.5 Å². The van der Waals surface area contributed by atoms with Gasteiger partial charge >= 0.3 is 0 Å². The van der Waals surface area contributed by atoms with Crippen molar-refractivity contribution in [2.45, 2.75) is 19.5 Å². The summed E-state index contributed by atoms with van der Waals surface area (Å²) >= 11 is 0. The Labute approximate surface area is 228 Å². The molecule has 1 N–H and O–H groups in total. The predicted octanol–water partition coefficient (Wildman–Crippen LogP) is 4.60. The SMILES string of the molecule is CCOc1ccc(CN2C(=O)C(=O)/C(=C(\O)c3ccc4c(c3)N(C)CCO4)C2c2ccc(N(C)C)cc2)cc1. The average molecular weight is 528 g/mol. The molecule has 8 nitrogen and oxygen atoms in total. The van der Waals surface area contributed by atoms with Gasteiger partial charge in [0.25, 0.3) is 11.7 Å². The number of likely N-dealkylation sites (tertiary alicyclic amines) is 1. The summed E-state index contributed by atoms with van der Waals surface area (Å²) in [6.07, 6.45) is 0. The van der Waals surface area contributed by atoms with Gasteiger partial charge in [-0.15, -0.1) is 0 Å². The molecule has 2 aliphatic heterocycles. The number of ether oxygens (including phenoxy) is 2. The first-order valence-electron chi connectivity index (χ1n) is 13.0. The number of amides is 1. The van der Waals surface area contributed by atoms with Gasteiger partial charge < -0.3 is 29.3 Å². The summed E-state index contributed by atoms with van der Waals surface area (Å²) in [5.41, 5.74) is 3.93. The third kappa shape index (κ3) is 5.02. The molecule has 0 spiro atoms. The van der Waals surface area contributed by atoms with Crippen molar-refractivity contribution in [1.29, 1.82) is 0 Å². The van der Waals surface area contributed by atoms with Crippen LogP contribution in [0.5, 0.6) is 11.5 Å². The van der Waals surface area contributed by atoms with E-state index in [1.807, 2.05) is 86.4 Å². The zero-order valence-corrected chi connectivity index (χ0v) is 22.7. The number of likely N-dealkylation sites (N-methyl/N-ethyl adjacent to an activating group) is 1. The van der Waals surface area contributed by atoms with E-state index in [0.29, 0.717) is 31.1 Å². The van der Waals surface area contributed by atoms with Crippen LogP contribution >= 0.6 is 0 Å². The van der Waals surface area contributed by atoms with Gasteiger partial charge in [-0.2, -0.15) is 0 Å². The molecule has 0 radical (unpaired) electrons. The lowest BCUT2D eigenvalue weighted by molar-refractivity contribution is -0.140. The average Bonchev–Trinajstić information content (AvgIpc) is 3.19. The van der Waals surface area contributed by atoms with Crippen LogP contribution in [-0.4, -0.2) is 62.6 Å². The molecular formula is C31H33N3O5. The van der Waals surface area contributed by atoms with Gasteiger partial charge in [0.15, 0.2) is 0 Å². The fourth-order valence-electron chi connectivity index (χ4n) is 5.05. The van der Waals surface area contributed by atoms with Crippen molar-refractivity contribution in [2.75, 3.05) is 50.7 Å². The number of aliphatic hydroxyl groups is 1. The summed E-state index contributed by atoms with van der Waals surface area (Å²) in [7, 11) is 5.85. The first kappa shape index (κ1) is 26.2. The maximum atomic E-state index is 13.5. The predicted molar refractivity (Wildman–Crippen MR) is 151 cm³/mol. The summed E-state index contributed by atoms with van der Waals surface area (Å²) in [5, 5.41) is 11.5. The van der Waals surface area contributed by atoms with Gasteiger partial charge in [0.05, 0.1) is 30.5 Å². The minimum atomic E-state index is -0.752. The number of ketones is 1. The zero-order chi connectivity index (χ0) is 27.7. The first-order valence-corrected chi connectivity index (χ1v) is 13.0. The third-order valence-corrected chi connectivity index (χ3v) is 7.18. The Kier molecular flexibility index (Phi) is 7.19. The molecule has 2 heterocycles. The van der Waals surface area contributed by atoms with Crippen molar-refractivity contribution < 1.29 is 24.2 Å². The first-order chi connectivity index (χ1) is 18.8. The number of aliphatic hydroxyl groups excluding tert-OH is 1. The van der Waals surface area contributed by atoms with Crippen LogP contribution in [-0.2, 0) is 16.1 Å². The van der Waals surface area contributed by atoms with Gasteiger partial charge in [0.1, 0.15) is 23.9 Å². The van der Waals surface area contributed by atoms with E-state index in [2.05, 4.69) is 0 Å². The molecule has 0 saturated carbocycles. The monoisotopic (exact) mass is 527 g/mol. The Morgan fingerprint density at radius 1 is 1.05 bits per heavy atom. The molecule has 3 aromatic rings. The number of benzene rings is 3. The molecule has 5 rings (SSSR count). The molecule has 0 bridgehead atoms. The molecule has 0 aliphatic carbocycles. The Balaban J connectivity index is 1.59. The molecule has 202 valence electrons. The molecule has 0 aromatic heterocycles. The second-order valence-electron chi connectivity index (χ2n) is 9.94. The van der Waals surface area contributed by atoms with E-state index in [1.54, 1.807) is 18.2 Å². The summed E-state index contributed by atoms with van der Waals surface area (Å²) in [6.45, 7) is 3.97.